The number of nitrogens with zero attached hydrogens (tertiary/aromatic N) is 1. The number of rotatable bonds is 2. The van der Waals surface area contributed by atoms with Gasteiger partial charge in [0.2, 0.25) is 0 Å². The molecule has 1 aliphatic rings. The van der Waals surface area contributed by atoms with Gasteiger partial charge in [-0.15, -0.1) is 0 Å². The Labute approximate surface area is 107 Å². The molecule has 0 saturated carbocycles. The summed E-state index contributed by atoms with van der Waals surface area (Å²) in [5.74, 6) is -0.369. The Morgan fingerprint density at radius 1 is 1.47 bits per heavy atom. The van der Waals surface area contributed by atoms with Gasteiger partial charge in [0.25, 0.3) is 0 Å². The van der Waals surface area contributed by atoms with Gasteiger partial charge < -0.3 is 5.73 Å². The number of nitrogens with two attached hydrogens (primary N) is 1. The van der Waals surface area contributed by atoms with Crippen molar-refractivity contribution in [2.75, 3.05) is 6.54 Å². The fraction of sp³-hybridized carbons (Fsp3) is 0.538. The third-order valence-electron chi connectivity index (χ3n) is 3.43. The van der Waals surface area contributed by atoms with E-state index in [0.717, 1.165) is 18.5 Å². The largest absolute Gasteiger partial charge is 0.326 e. The summed E-state index contributed by atoms with van der Waals surface area (Å²) < 4.78 is 13.5. The molecule has 0 spiro atoms. The molecule has 4 heteroatoms. The van der Waals surface area contributed by atoms with E-state index in [1.165, 1.54) is 6.07 Å². The third-order valence-corrected chi connectivity index (χ3v) is 3.74. The Bertz CT molecular complexity index is 408. The second-order valence-corrected chi connectivity index (χ2v) is 5.31. The lowest BCUT2D eigenvalue weighted by atomic mass is 10.00. The molecule has 0 bridgehead atoms. The van der Waals surface area contributed by atoms with E-state index in [4.69, 9.17) is 17.3 Å². The zero-order valence-electron chi connectivity index (χ0n) is 10.2. The van der Waals surface area contributed by atoms with E-state index in [-0.39, 0.29) is 22.9 Å². The molecule has 2 N–H and O–H groups in total. The van der Waals surface area contributed by atoms with E-state index in [1.807, 2.05) is 6.07 Å². The summed E-state index contributed by atoms with van der Waals surface area (Å²) in [5.41, 5.74) is 7.05. The van der Waals surface area contributed by atoms with E-state index in [1.54, 1.807) is 6.07 Å². The van der Waals surface area contributed by atoms with Crippen molar-refractivity contribution in [3.63, 3.8) is 0 Å². The molecule has 1 fully saturated rings. The van der Waals surface area contributed by atoms with Crippen molar-refractivity contribution in [1.29, 1.82) is 0 Å². The third kappa shape index (κ3) is 2.46. The van der Waals surface area contributed by atoms with Crippen molar-refractivity contribution in [3.8, 4) is 0 Å². The summed E-state index contributed by atoms with van der Waals surface area (Å²) in [7, 11) is 0. The average molecular weight is 257 g/mol. The highest BCUT2D eigenvalue weighted by Crippen LogP contribution is 2.33. The van der Waals surface area contributed by atoms with Crippen LogP contribution in [0.25, 0.3) is 0 Å². The Morgan fingerprint density at radius 2 is 2.18 bits per heavy atom. The van der Waals surface area contributed by atoms with Crippen LogP contribution in [0.3, 0.4) is 0 Å². The molecule has 2 nitrogen and oxygen atoms in total. The molecular formula is C13H18ClFN2. The van der Waals surface area contributed by atoms with Crippen molar-refractivity contribution in [3.05, 3.63) is 34.6 Å². The fourth-order valence-electron chi connectivity index (χ4n) is 2.56. The van der Waals surface area contributed by atoms with Crippen molar-refractivity contribution >= 4 is 11.6 Å². The molecule has 1 aliphatic heterocycles. The van der Waals surface area contributed by atoms with Crippen molar-refractivity contribution in [1.82, 2.24) is 4.90 Å². The number of benzene rings is 1. The highest BCUT2D eigenvalue weighted by molar-refractivity contribution is 6.30. The molecule has 94 valence electrons. The molecular weight excluding hydrogens is 239 g/mol. The van der Waals surface area contributed by atoms with Crippen LogP contribution in [-0.4, -0.2) is 23.5 Å². The number of halogens is 2. The van der Waals surface area contributed by atoms with Crippen molar-refractivity contribution in [2.45, 2.75) is 38.4 Å². The second-order valence-electron chi connectivity index (χ2n) is 4.90. The van der Waals surface area contributed by atoms with Gasteiger partial charge in [0.15, 0.2) is 0 Å². The summed E-state index contributed by atoms with van der Waals surface area (Å²) in [6.07, 6.45) is 0.951. The van der Waals surface area contributed by atoms with Gasteiger partial charge in [-0.05, 0) is 38.0 Å². The molecule has 1 aromatic rings. The molecule has 2 rings (SSSR count). The standard InChI is InChI=1S/C13H18ClFN2/c1-8(2)17-6-5-12(16)13(17)9-3-4-10(14)11(15)7-9/h3-4,7-8,12-13H,5-6,16H2,1-2H3. The summed E-state index contributed by atoms with van der Waals surface area (Å²) in [4.78, 5) is 2.31. The Hall–Kier alpha value is -0.640. The summed E-state index contributed by atoms with van der Waals surface area (Å²) in [6.45, 7) is 5.24. The summed E-state index contributed by atoms with van der Waals surface area (Å²) in [5, 5.41) is 0.163. The van der Waals surface area contributed by atoms with E-state index in [0.29, 0.717) is 6.04 Å². The summed E-state index contributed by atoms with van der Waals surface area (Å²) >= 11 is 5.70. The monoisotopic (exact) mass is 256 g/mol. The maximum absolute atomic E-state index is 13.5. The highest BCUT2D eigenvalue weighted by atomic mass is 35.5. The van der Waals surface area contributed by atoms with Crippen LogP contribution in [0.2, 0.25) is 5.02 Å². The maximum atomic E-state index is 13.5. The first kappa shape index (κ1) is 12.8. The minimum absolute atomic E-state index is 0.0676. The molecule has 1 heterocycles. The minimum Gasteiger partial charge on any atom is -0.326 e. The van der Waals surface area contributed by atoms with E-state index >= 15 is 0 Å². The van der Waals surface area contributed by atoms with E-state index < -0.39 is 0 Å². The number of hydrogen-bond donors (Lipinski definition) is 1. The van der Waals surface area contributed by atoms with Crippen LogP contribution in [0, 0.1) is 5.82 Å². The van der Waals surface area contributed by atoms with Gasteiger partial charge in [0.1, 0.15) is 5.82 Å². The lowest BCUT2D eigenvalue weighted by molar-refractivity contribution is 0.198. The SMILES string of the molecule is CC(C)N1CCC(N)C1c1ccc(Cl)c(F)c1. The average Bonchev–Trinajstić information content (AvgIpc) is 2.64. The molecule has 1 aromatic carbocycles. The van der Waals surface area contributed by atoms with Gasteiger partial charge in [-0.1, -0.05) is 17.7 Å². The topological polar surface area (TPSA) is 29.3 Å². The Balaban J connectivity index is 2.33. The Kier molecular flexibility index (Phi) is 3.71. The van der Waals surface area contributed by atoms with Gasteiger partial charge >= 0.3 is 0 Å². The highest BCUT2D eigenvalue weighted by Gasteiger charge is 2.34. The predicted molar refractivity (Wildman–Crippen MR) is 68.6 cm³/mol. The molecule has 1 saturated heterocycles. The van der Waals surface area contributed by atoms with Crippen LogP contribution >= 0.6 is 11.6 Å². The lowest BCUT2D eigenvalue weighted by Gasteiger charge is -2.30. The quantitative estimate of drug-likeness (QED) is 0.882. The van der Waals surface area contributed by atoms with Crippen molar-refractivity contribution < 1.29 is 4.39 Å². The van der Waals surface area contributed by atoms with Crippen LogP contribution in [0.1, 0.15) is 31.9 Å². The molecule has 0 amide bonds. The zero-order chi connectivity index (χ0) is 12.6. The first-order valence-corrected chi connectivity index (χ1v) is 6.34. The van der Waals surface area contributed by atoms with E-state index in [9.17, 15) is 4.39 Å². The molecule has 2 unspecified atom stereocenters. The van der Waals surface area contributed by atoms with E-state index in [2.05, 4.69) is 18.7 Å². The van der Waals surface area contributed by atoms with Crippen LogP contribution in [0.4, 0.5) is 4.39 Å². The lowest BCUT2D eigenvalue weighted by Crippen LogP contribution is -2.35. The Morgan fingerprint density at radius 3 is 2.76 bits per heavy atom. The smallest absolute Gasteiger partial charge is 0.142 e. The summed E-state index contributed by atoms with van der Waals surface area (Å²) in [6, 6.07) is 5.56. The van der Waals surface area contributed by atoms with Crippen LogP contribution in [0.5, 0.6) is 0 Å². The fourth-order valence-corrected chi connectivity index (χ4v) is 2.67. The van der Waals surface area contributed by atoms with Crippen LogP contribution < -0.4 is 5.73 Å². The molecule has 17 heavy (non-hydrogen) atoms. The predicted octanol–water partition coefficient (Wildman–Crippen LogP) is 2.96. The first-order chi connectivity index (χ1) is 8.00. The molecule has 0 radical (unpaired) electrons. The molecule has 0 aliphatic carbocycles. The van der Waals surface area contributed by atoms with Gasteiger partial charge in [-0.3, -0.25) is 4.90 Å². The van der Waals surface area contributed by atoms with Gasteiger partial charge in [-0.2, -0.15) is 0 Å². The van der Waals surface area contributed by atoms with Crippen LogP contribution in [-0.2, 0) is 0 Å². The zero-order valence-corrected chi connectivity index (χ0v) is 10.9. The van der Waals surface area contributed by atoms with Crippen LogP contribution in [0.15, 0.2) is 18.2 Å². The molecule has 0 aromatic heterocycles. The number of hydrogen-bond acceptors (Lipinski definition) is 2. The first-order valence-electron chi connectivity index (χ1n) is 5.97. The van der Waals surface area contributed by atoms with Gasteiger partial charge in [-0.25, -0.2) is 4.39 Å². The molecule has 2 atom stereocenters. The number of likely N-dealkylation sites (tertiary alicyclic amines) is 1. The normalized spacial score (nSPS) is 25.8. The maximum Gasteiger partial charge on any atom is 0.142 e. The van der Waals surface area contributed by atoms with Gasteiger partial charge in [0.05, 0.1) is 11.1 Å². The minimum atomic E-state index is -0.369. The van der Waals surface area contributed by atoms with Gasteiger partial charge in [0, 0.05) is 18.6 Å². The van der Waals surface area contributed by atoms with Crippen molar-refractivity contribution in [2.24, 2.45) is 5.73 Å². The second kappa shape index (κ2) is 4.92.